The van der Waals surface area contributed by atoms with E-state index in [9.17, 15) is 5.11 Å². The summed E-state index contributed by atoms with van der Waals surface area (Å²) in [6.45, 7) is 2.30. The Bertz CT molecular complexity index is 487. The number of ether oxygens (including phenoxy) is 1. The van der Waals surface area contributed by atoms with Crippen molar-refractivity contribution in [3.05, 3.63) is 33.8 Å². The lowest BCUT2D eigenvalue weighted by Crippen LogP contribution is -2.47. The minimum absolute atomic E-state index is 0.0397. The smallest absolute Gasteiger partial charge is 0.0699 e. The molecular weight excluding hydrogens is 323 g/mol. The second kappa shape index (κ2) is 8.48. The topological polar surface area (TPSA) is 53.5 Å². The van der Waals surface area contributed by atoms with Gasteiger partial charge in [0, 0.05) is 38.6 Å². The van der Waals surface area contributed by atoms with Crippen LogP contribution in [-0.2, 0) is 4.74 Å². The van der Waals surface area contributed by atoms with Crippen LogP contribution < -0.4 is 10.6 Å². The molecular formula is C16H24Cl2N2O2. The number of methoxy groups -OCH3 is 1. The normalized spacial score (nSPS) is 25.0. The second-order valence-corrected chi connectivity index (χ2v) is 6.65. The van der Waals surface area contributed by atoms with E-state index >= 15 is 0 Å². The van der Waals surface area contributed by atoms with Crippen LogP contribution in [0.2, 0.25) is 10.0 Å². The second-order valence-electron chi connectivity index (χ2n) is 5.84. The summed E-state index contributed by atoms with van der Waals surface area (Å²) >= 11 is 12.1. The van der Waals surface area contributed by atoms with E-state index in [1.54, 1.807) is 13.2 Å². The van der Waals surface area contributed by atoms with Gasteiger partial charge in [0.05, 0.1) is 22.3 Å². The van der Waals surface area contributed by atoms with Crippen LogP contribution in [0.5, 0.6) is 0 Å². The fourth-order valence-electron chi connectivity index (χ4n) is 3.10. The summed E-state index contributed by atoms with van der Waals surface area (Å²) in [4.78, 5) is 0. The molecule has 3 N–H and O–H groups in total. The van der Waals surface area contributed by atoms with Crippen molar-refractivity contribution in [3.63, 3.8) is 0 Å². The zero-order valence-electron chi connectivity index (χ0n) is 13.0. The predicted molar refractivity (Wildman–Crippen MR) is 90.9 cm³/mol. The fourth-order valence-corrected chi connectivity index (χ4v) is 3.41. The van der Waals surface area contributed by atoms with Crippen LogP contribution in [0.25, 0.3) is 0 Å². The Hall–Kier alpha value is -0.360. The zero-order valence-corrected chi connectivity index (χ0v) is 14.5. The maximum Gasteiger partial charge on any atom is 0.0699 e. The molecule has 1 aromatic rings. The number of halogens is 2. The Balaban J connectivity index is 2.16. The summed E-state index contributed by atoms with van der Waals surface area (Å²) in [6.07, 6.45) is 0.527. The molecule has 22 heavy (non-hydrogen) atoms. The summed E-state index contributed by atoms with van der Waals surface area (Å²) in [7, 11) is 3.60. The highest BCUT2D eigenvalue weighted by molar-refractivity contribution is 6.42. The van der Waals surface area contributed by atoms with E-state index in [0.717, 1.165) is 25.1 Å². The lowest BCUT2D eigenvalue weighted by molar-refractivity contribution is 0.00649. The van der Waals surface area contributed by atoms with Crippen molar-refractivity contribution in [1.29, 1.82) is 0 Å². The van der Waals surface area contributed by atoms with Crippen LogP contribution in [0, 0.1) is 5.92 Å². The van der Waals surface area contributed by atoms with E-state index in [0.29, 0.717) is 16.6 Å². The van der Waals surface area contributed by atoms with Crippen LogP contribution in [0.1, 0.15) is 17.9 Å². The van der Waals surface area contributed by atoms with Crippen molar-refractivity contribution in [2.24, 2.45) is 5.92 Å². The van der Waals surface area contributed by atoms with Gasteiger partial charge in [-0.05, 0) is 31.2 Å². The van der Waals surface area contributed by atoms with Crippen molar-refractivity contribution in [1.82, 2.24) is 10.6 Å². The Kier molecular flexibility index (Phi) is 6.93. The number of aliphatic hydroxyl groups is 1. The Morgan fingerprint density at radius 2 is 2.14 bits per heavy atom. The van der Waals surface area contributed by atoms with Gasteiger partial charge < -0.3 is 20.5 Å². The maximum absolute atomic E-state index is 10.9. The molecule has 124 valence electrons. The standard InChI is InChI=1S/C16H24Cl2N2O2/c1-19-9-13(10-3-4-14(17)15(18)6-10)16(21)11-5-12(22-2)8-20-7-11/h3-4,6,11-13,16,19-21H,5,7-9H2,1-2H3/t11?,12?,13?,16-/m0/s1. The maximum atomic E-state index is 10.9. The molecule has 1 heterocycles. The zero-order chi connectivity index (χ0) is 16.1. The summed E-state index contributed by atoms with van der Waals surface area (Å²) in [5, 5.41) is 18.4. The fraction of sp³-hybridized carbons (Fsp3) is 0.625. The molecule has 0 radical (unpaired) electrons. The number of piperidine rings is 1. The van der Waals surface area contributed by atoms with Gasteiger partial charge in [-0.3, -0.25) is 0 Å². The summed E-state index contributed by atoms with van der Waals surface area (Å²) in [5.41, 5.74) is 0.996. The van der Waals surface area contributed by atoms with Gasteiger partial charge in [-0.25, -0.2) is 0 Å². The molecule has 4 nitrogen and oxygen atoms in total. The molecule has 0 aliphatic carbocycles. The van der Waals surface area contributed by atoms with Gasteiger partial charge in [-0.15, -0.1) is 0 Å². The van der Waals surface area contributed by atoms with Crippen molar-refractivity contribution in [3.8, 4) is 0 Å². The summed E-state index contributed by atoms with van der Waals surface area (Å²) in [5.74, 6) is 0.105. The molecule has 3 unspecified atom stereocenters. The van der Waals surface area contributed by atoms with Crippen LogP contribution in [-0.4, -0.2) is 51.1 Å². The van der Waals surface area contributed by atoms with Gasteiger partial charge in [-0.1, -0.05) is 29.3 Å². The molecule has 0 saturated carbocycles. The largest absolute Gasteiger partial charge is 0.392 e. The summed E-state index contributed by atoms with van der Waals surface area (Å²) < 4.78 is 5.42. The third-order valence-electron chi connectivity index (χ3n) is 4.37. The third kappa shape index (κ3) is 4.34. The van der Waals surface area contributed by atoms with E-state index in [1.165, 1.54) is 0 Å². The minimum atomic E-state index is -0.477. The lowest BCUT2D eigenvalue weighted by Gasteiger charge is -2.36. The molecule has 1 aliphatic heterocycles. The number of nitrogens with one attached hydrogen (secondary N) is 2. The van der Waals surface area contributed by atoms with Crippen molar-refractivity contribution in [2.75, 3.05) is 33.8 Å². The highest BCUT2D eigenvalue weighted by Gasteiger charge is 2.32. The molecule has 6 heteroatoms. The lowest BCUT2D eigenvalue weighted by atomic mass is 9.81. The van der Waals surface area contributed by atoms with E-state index in [-0.39, 0.29) is 17.9 Å². The molecule has 2 rings (SSSR count). The van der Waals surface area contributed by atoms with Gasteiger partial charge in [0.2, 0.25) is 0 Å². The molecule has 1 fully saturated rings. The van der Waals surface area contributed by atoms with Crippen molar-refractivity contribution >= 4 is 23.2 Å². The quantitative estimate of drug-likeness (QED) is 0.739. The Morgan fingerprint density at radius 3 is 2.77 bits per heavy atom. The number of hydrogen-bond acceptors (Lipinski definition) is 4. The van der Waals surface area contributed by atoms with Gasteiger partial charge in [0.25, 0.3) is 0 Å². The van der Waals surface area contributed by atoms with Gasteiger partial charge in [-0.2, -0.15) is 0 Å². The van der Waals surface area contributed by atoms with Crippen molar-refractivity contribution < 1.29 is 9.84 Å². The summed E-state index contributed by atoms with van der Waals surface area (Å²) in [6, 6.07) is 5.56. The molecule has 0 amide bonds. The number of likely N-dealkylation sites (N-methyl/N-ethyl adjacent to an activating group) is 1. The highest BCUT2D eigenvalue weighted by Crippen LogP contribution is 2.32. The molecule has 1 saturated heterocycles. The number of aliphatic hydroxyl groups excluding tert-OH is 1. The van der Waals surface area contributed by atoms with E-state index < -0.39 is 6.10 Å². The first-order valence-electron chi connectivity index (χ1n) is 7.58. The monoisotopic (exact) mass is 346 g/mol. The van der Waals surface area contributed by atoms with Gasteiger partial charge in [0.1, 0.15) is 0 Å². The highest BCUT2D eigenvalue weighted by atomic mass is 35.5. The Morgan fingerprint density at radius 1 is 1.36 bits per heavy atom. The minimum Gasteiger partial charge on any atom is -0.392 e. The van der Waals surface area contributed by atoms with Crippen molar-refractivity contribution in [2.45, 2.75) is 24.5 Å². The first kappa shape index (κ1) is 18.0. The first-order chi connectivity index (χ1) is 10.6. The predicted octanol–water partition coefficient (Wildman–Crippen LogP) is 2.28. The average molecular weight is 347 g/mol. The molecule has 0 spiro atoms. The molecule has 0 aromatic heterocycles. The molecule has 4 atom stereocenters. The van der Waals surface area contributed by atoms with Gasteiger partial charge >= 0.3 is 0 Å². The molecule has 0 bridgehead atoms. The number of rotatable bonds is 6. The SMILES string of the molecule is CNCC(c1ccc(Cl)c(Cl)c1)[C@@H](O)C1CNCC(OC)C1. The molecule has 1 aliphatic rings. The van der Waals surface area contributed by atoms with Crippen LogP contribution in [0.15, 0.2) is 18.2 Å². The first-order valence-corrected chi connectivity index (χ1v) is 8.33. The van der Waals surface area contributed by atoms with Crippen LogP contribution in [0.4, 0.5) is 0 Å². The van der Waals surface area contributed by atoms with E-state index in [1.807, 2.05) is 19.2 Å². The van der Waals surface area contributed by atoms with E-state index in [4.69, 9.17) is 27.9 Å². The third-order valence-corrected chi connectivity index (χ3v) is 5.11. The van der Waals surface area contributed by atoms with Crippen LogP contribution >= 0.6 is 23.2 Å². The number of benzene rings is 1. The van der Waals surface area contributed by atoms with Gasteiger partial charge in [0.15, 0.2) is 0 Å². The van der Waals surface area contributed by atoms with E-state index in [2.05, 4.69) is 10.6 Å². The number of hydrogen-bond donors (Lipinski definition) is 3. The molecule has 1 aromatic carbocycles. The van der Waals surface area contributed by atoms with Crippen LogP contribution in [0.3, 0.4) is 0 Å². The Labute approximate surface area is 142 Å². The average Bonchev–Trinajstić information content (AvgIpc) is 2.54.